The monoisotopic (exact) mass is 629 g/mol. The number of hydrogen-bond acceptors (Lipinski definition) is 7. The Hall–Kier alpha value is -3.80. The quantitative estimate of drug-likeness (QED) is 0.205. The maximum Gasteiger partial charge on any atom is 0.142 e. The van der Waals surface area contributed by atoms with E-state index >= 15 is 0 Å². The molecule has 1 aliphatic carbocycles. The molecular weight excluding hydrogens is 597 g/mol. The molecule has 3 aromatic carbocycles. The standard InChI is InChI=1S/C35H33Cl2N3O4/c1-42-32-7-3-6-29(35(32)37)26-4-2-5-28-27(26)8-9-31(28)44-34-16-33(43-21-23-14-22(17-38)18-39-19-23)24(15-30(34)36)20-40-12-10-25(41)11-13-40/h2-7,14-16,18-19,25,31,41H,8-13,20-21H2,1H3/t31-/m0/s1. The first-order valence-electron chi connectivity index (χ1n) is 14.7. The molecule has 1 N–H and O–H groups in total. The summed E-state index contributed by atoms with van der Waals surface area (Å²) in [5, 5.41) is 20.4. The summed E-state index contributed by atoms with van der Waals surface area (Å²) in [6.07, 6.45) is 5.89. The molecular formula is C35H33Cl2N3O4. The summed E-state index contributed by atoms with van der Waals surface area (Å²) in [5.41, 5.74) is 6.52. The molecule has 4 aromatic rings. The Bertz CT molecular complexity index is 1700. The summed E-state index contributed by atoms with van der Waals surface area (Å²) in [7, 11) is 1.62. The molecule has 7 nitrogen and oxygen atoms in total. The van der Waals surface area contributed by atoms with Crippen molar-refractivity contribution < 1.29 is 19.3 Å². The van der Waals surface area contributed by atoms with Crippen molar-refractivity contribution in [2.45, 2.75) is 51.0 Å². The van der Waals surface area contributed by atoms with Crippen LogP contribution in [-0.4, -0.2) is 41.3 Å². The molecule has 9 heteroatoms. The molecule has 0 radical (unpaired) electrons. The minimum Gasteiger partial charge on any atom is -0.495 e. The Kier molecular flexibility index (Phi) is 9.25. The van der Waals surface area contributed by atoms with Gasteiger partial charge in [0, 0.05) is 54.8 Å². The van der Waals surface area contributed by atoms with Crippen molar-refractivity contribution in [3.05, 3.63) is 105 Å². The Morgan fingerprint density at radius 1 is 0.977 bits per heavy atom. The van der Waals surface area contributed by atoms with E-state index in [1.807, 2.05) is 36.4 Å². The molecule has 226 valence electrons. The van der Waals surface area contributed by atoms with E-state index in [1.54, 1.807) is 19.4 Å². The molecule has 44 heavy (non-hydrogen) atoms. The van der Waals surface area contributed by atoms with E-state index in [4.69, 9.17) is 37.4 Å². The number of aliphatic hydroxyl groups is 1. The smallest absolute Gasteiger partial charge is 0.142 e. The highest BCUT2D eigenvalue weighted by atomic mass is 35.5. The predicted molar refractivity (Wildman–Crippen MR) is 170 cm³/mol. The van der Waals surface area contributed by atoms with Gasteiger partial charge in [0.2, 0.25) is 0 Å². The lowest BCUT2D eigenvalue weighted by Gasteiger charge is -2.30. The molecule has 1 aromatic heterocycles. The maximum atomic E-state index is 9.98. The van der Waals surface area contributed by atoms with Crippen LogP contribution in [0.3, 0.4) is 0 Å². The van der Waals surface area contributed by atoms with Gasteiger partial charge in [0.25, 0.3) is 0 Å². The highest BCUT2D eigenvalue weighted by Crippen LogP contribution is 2.45. The van der Waals surface area contributed by atoms with Crippen LogP contribution in [0.15, 0.2) is 67.0 Å². The fraction of sp³-hybridized carbons (Fsp3) is 0.314. The molecule has 0 bridgehead atoms. The third kappa shape index (κ3) is 6.50. The number of nitriles is 1. The molecule has 2 heterocycles. The van der Waals surface area contributed by atoms with Gasteiger partial charge in [0.15, 0.2) is 0 Å². The second-order valence-electron chi connectivity index (χ2n) is 11.2. The SMILES string of the molecule is COc1cccc(-c2cccc3c2CC[C@@H]3Oc2cc(OCc3cncc(C#N)c3)c(CN3CCC(O)CC3)cc2Cl)c1Cl. The lowest BCUT2D eigenvalue weighted by Crippen LogP contribution is -2.35. The van der Waals surface area contributed by atoms with Crippen molar-refractivity contribution in [3.63, 3.8) is 0 Å². The predicted octanol–water partition coefficient (Wildman–Crippen LogP) is 7.54. The van der Waals surface area contributed by atoms with E-state index in [9.17, 15) is 10.4 Å². The van der Waals surface area contributed by atoms with Crippen molar-refractivity contribution in [1.29, 1.82) is 5.26 Å². The number of halogens is 2. The second-order valence-corrected chi connectivity index (χ2v) is 12.0. The van der Waals surface area contributed by atoms with Crippen LogP contribution in [-0.2, 0) is 19.6 Å². The summed E-state index contributed by atoms with van der Waals surface area (Å²) in [4.78, 5) is 6.45. The topological polar surface area (TPSA) is 87.8 Å². The number of methoxy groups -OCH3 is 1. The molecule has 2 aliphatic rings. The Morgan fingerprint density at radius 3 is 2.57 bits per heavy atom. The molecule has 1 aliphatic heterocycles. The van der Waals surface area contributed by atoms with E-state index in [0.717, 1.165) is 66.6 Å². The fourth-order valence-electron chi connectivity index (χ4n) is 6.05. The number of piperidine rings is 1. The molecule has 1 saturated heterocycles. The summed E-state index contributed by atoms with van der Waals surface area (Å²) in [5.74, 6) is 1.85. The average molecular weight is 631 g/mol. The van der Waals surface area contributed by atoms with Gasteiger partial charge >= 0.3 is 0 Å². The van der Waals surface area contributed by atoms with Crippen LogP contribution < -0.4 is 14.2 Å². The Labute approximate surface area is 267 Å². The number of ether oxygens (including phenoxy) is 3. The van der Waals surface area contributed by atoms with Crippen molar-refractivity contribution in [1.82, 2.24) is 9.88 Å². The minimum absolute atomic E-state index is 0.189. The van der Waals surface area contributed by atoms with Crippen LogP contribution >= 0.6 is 23.2 Å². The van der Waals surface area contributed by atoms with E-state index in [0.29, 0.717) is 39.4 Å². The number of aromatic nitrogens is 1. The van der Waals surface area contributed by atoms with E-state index < -0.39 is 0 Å². The average Bonchev–Trinajstić information content (AvgIpc) is 3.46. The van der Waals surface area contributed by atoms with E-state index in [2.05, 4.69) is 28.1 Å². The second kappa shape index (κ2) is 13.5. The number of pyridine rings is 1. The minimum atomic E-state index is -0.254. The summed E-state index contributed by atoms with van der Waals surface area (Å²) in [6.45, 7) is 2.47. The zero-order valence-electron chi connectivity index (χ0n) is 24.4. The van der Waals surface area contributed by atoms with Crippen LogP contribution in [0, 0.1) is 11.3 Å². The molecule has 1 atom stereocenters. The van der Waals surface area contributed by atoms with Gasteiger partial charge in [0.05, 0.1) is 28.8 Å². The fourth-order valence-corrected chi connectivity index (χ4v) is 6.59. The van der Waals surface area contributed by atoms with Crippen molar-refractivity contribution in [3.8, 4) is 34.4 Å². The van der Waals surface area contributed by atoms with Crippen LogP contribution in [0.2, 0.25) is 10.0 Å². The lowest BCUT2D eigenvalue weighted by atomic mass is 9.96. The number of fused-ring (bicyclic) bond motifs is 1. The molecule has 0 spiro atoms. The van der Waals surface area contributed by atoms with Gasteiger partial charge in [-0.1, -0.05) is 53.5 Å². The number of nitrogens with zero attached hydrogens (tertiary/aromatic N) is 3. The summed E-state index contributed by atoms with van der Waals surface area (Å²) in [6, 6.07) is 19.7. The van der Waals surface area contributed by atoms with Crippen LogP contribution in [0.4, 0.5) is 0 Å². The zero-order chi connectivity index (χ0) is 30.6. The van der Waals surface area contributed by atoms with E-state index in [1.165, 1.54) is 11.8 Å². The number of rotatable bonds is 9. The molecule has 0 unspecified atom stereocenters. The van der Waals surface area contributed by atoms with Crippen LogP contribution in [0.1, 0.15) is 53.2 Å². The zero-order valence-corrected chi connectivity index (χ0v) is 25.9. The van der Waals surface area contributed by atoms with Crippen LogP contribution in [0.5, 0.6) is 17.2 Å². The van der Waals surface area contributed by atoms with Gasteiger partial charge in [-0.2, -0.15) is 5.26 Å². The molecule has 0 amide bonds. The molecule has 1 fully saturated rings. The highest BCUT2D eigenvalue weighted by molar-refractivity contribution is 6.35. The number of benzene rings is 3. The Balaban J connectivity index is 1.28. The first kappa shape index (κ1) is 30.2. The first-order valence-corrected chi connectivity index (χ1v) is 15.5. The van der Waals surface area contributed by atoms with Crippen molar-refractivity contribution >= 4 is 23.2 Å². The number of likely N-dealkylation sites (tertiary alicyclic amines) is 1. The highest BCUT2D eigenvalue weighted by Gasteiger charge is 2.29. The summed E-state index contributed by atoms with van der Waals surface area (Å²) < 4.78 is 18.4. The van der Waals surface area contributed by atoms with Gasteiger partial charge in [-0.05, 0) is 60.6 Å². The van der Waals surface area contributed by atoms with E-state index in [-0.39, 0.29) is 18.8 Å². The van der Waals surface area contributed by atoms with Gasteiger partial charge in [-0.3, -0.25) is 9.88 Å². The lowest BCUT2D eigenvalue weighted by molar-refractivity contribution is 0.0787. The van der Waals surface area contributed by atoms with Crippen molar-refractivity contribution in [2.75, 3.05) is 20.2 Å². The first-order chi connectivity index (χ1) is 21.4. The van der Waals surface area contributed by atoms with Crippen molar-refractivity contribution in [2.24, 2.45) is 0 Å². The molecule has 6 rings (SSSR count). The number of aliphatic hydroxyl groups excluding tert-OH is 1. The Morgan fingerprint density at radius 2 is 1.77 bits per heavy atom. The number of hydrogen-bond donors (Lipinski definition) is 1. The maximum absolute atomic E-state index is 9.98. The van der Waals surface area contributed by atoms with Gasteiger partial charge in [-0.25, -0.2) is 0 Å². The molecule has 0 saturated carbocycles. The van der Waals surface area contributed by atoms with Gasteiger partial charge < -0.3 is 19.3 Å². The van der Waals surface area contributed by atoms with Gasteiger partial charge in [-0.15, -0.1) is 0 Å². The third-order valence-corrected chi connectivity index (χ3v) is 9.03. The van der Waals surface area contributed by atoms with Crippen LogP contribution in [0.25, 0.3) is 11.1 Å². The van der Waals surface area contributed by atoms with Gasteiger partial charge in [0.1, 0.15) is 36.0 Å². The largest absolute Gasteiger partial charge is 0.495 e. The normalized spacial score (nSPS) is 16.8. The summed E-state index contributed by atoms with van der Waals surface area (Å²) >= 11 is 13.6. The third-order valence-electron chi connectivity index (χ3n) is 8.34.